The number of hydrogen-bond donors (Lipinski definition) is 2. The zero-order valence-electron chi connectivity index (χ0n) is 5.83. The van der Waals surface area contributed by atoms with Crippen LogP contribution in [0.2, 0.25) is 0 Å². The Hall–Kier alpha value is -0.170. The highest BCUT2D eigenvalue weighted by atomic mass is 32.2. The van der Waals surface area contributed by atoms with Gasteiger partial charge in [0.15, 0.2) is 0 Å². The number of sulfonamides is 1. The molecule has 6 heteroatoms. The first kappa shape index (κ1) is 9.83. The lowest BCUT2D eigenvalue weighted by Gasteiger charge is -1.99. The van der Waals surface area contributed by atoms with Gasteiger partial charge in [0.05, 0.1) is 5.75 Å². The summed E-state index contributed by atoms with van der Waals surface area (Å²) in [6.45, 7) is 0.431. The van der Waals surface area contributed by atoms with Crippen LogP contribution in [0, 0.1) is 0 Å². The number of ether oxygens (including phenoxy) is 1. The van der Waals surface area contributed by atoms with Crippen molar-refractivity contribution in [3.8, 4) is 0 Å². The summed E-state index contributed by atoms with van der Waals surface area (Å²) in [4.78, 5) is 1.72. The Balaban J connectivity index is 3.49. The van der Waals surface area contributed by atoms with Gasteiger partial charge in [-0.25, -0.2) is 8.42 Å². The average molecular weight is 168 g/mol. The molecule has 0 saturated carbocycles. The number of nitrogens with two attached hydrogens (primary N) is 1. The van der Waals surface area contributed by atoms with Crippen molar-refractivity contribution >= 4 is 10.0 Å². The molecule has 0 saturated heterocycles. The Kier molecular flexibility index (Phi) is 4.54. The van der Waals surface area contributed by atoms with Gasteiger partial charge in [0.25, 0.3) is 0 Å². The monoisotopic (exact) mass is 168 g/mol. The quantitative estimate of drug-likeness (QED) is 0.307. The molecule has 0 rings (SSSR count). The van der Waals surface area contributed by atoms with Crippen LogP contribution in [-0.2, 0) is 14.8 Å². The Morgan fingerprint density at radius 3 is 2.60 bits per heavy atom. The predicted molar refractivity (Wildman–Crippen MR) is 37.6 cm³/mol. The molecule has 62 valence electrons. The Morgan fingerprint density at radius 1 is 1.60 bits per heavy atom. The molecule has 0 spiro atoms. The van der Waals surface area contributed by atoms with E-state index in [0.717, 1.165) is 0 Å². The highest BCUT2D eigenvalue weighted by Crippen LogP contribution is 1.86. The fourth-order valence-corrected chi connectivity index (χ4v) is 1.07. The number of hydrogen-bond acceptors (Lipinski definition) is 4. The molecule has 0 aliphatic heterocycles. The third kappa shape index (κ3) is 4.68. The summed E-state index contributed by atoms with van der Waals surface area (Å²) < 4.78 is 25.8. The zero-order valence-corrected chi connectivity index (χ0v) is 6.65. The van der Waals surface area contributed by atoms with E-state index < -0.39 is 10.0 Å². The molecular weight excluding hydrogens is 156 g/mol. The largest absolute Gasteiger partial charge is 0.385 e. The van der Waals surface area contributed by atoms with Crippen molar-refractivity contribution in [1.82, 2.24) is 4.83 Å². The standard InChI is InChI=1S/C4H12N2O3S/c1-9-3-2-4-10(7,8)6-5/h6H,2-5H2,1H3. The first-order valence-electron chi connectivity index (χ1n) is 2.81. The molecule has 0 aliphatic carbocycles. The molecular formula is C4H12N2O3S. The highest BCUT2D eigenvalue weighted by molar-refractivity contribution is 7.89. The molecule has 0 aromatic rings. The molecule has 3 N–H and O–H groups in total. The first-order valence-corrected chi connectivity index (χ1v) is 4.46. The molecule has 0 aliphatic rings. The highest BCUT2D eigenvalue weighted by Gasteiger charge is 2.04. The van der Waals surface area contributed by atoms with Crippen molar-refractivity contribution in [2.75, 3.05) is 19.5 Å². The Labute approximate surface area is 60.6 Å². The minimum Gasteiger partial charge on any atom is -0.385 e. The van der Waals surface area contributed by atoms with Crippen LogP contribution in [0.25, 0.3) is 0 Å². The maximum atomic E-state index is 10.6. The molecule has 0 fully saturated rings. The molecule has 0 unspecified atom stereocenters. The summed E-state index contributed by atoms with van der Waals surface area (Å²) in [6.07, 6.45) is 0.461. The van der Waals surface area contributed by atoms with Crippen molar-refractivity contribution in [2.45, 2.75) is 6.42 Å². The third-order valence-electron chi connectivity index (χ3n) is 0.941. The average Bonchev–Trinajstić information content (AvgIpc) is 1.89. The molecule has 0 atom stereocenters. The van der Waals surface area contributed by atoms with Crippen molar-refractivity contribution < 1.29 is 13.2 Å². The summed E-state index contributed by atoms with van der Waals surface area (Å²) in [5.41, 5.74) is 0. The van der Waals surface area contributed by atoms with Gasteiger partial charge in [0, 0.05) is 13.7 Å². The molecule has 0 aromatic heterocycles. The lowest BCUT2D eigenvalue weighted by Crippen LogP contribution is -2.32. The molecule has 0 amide bonds. The Morgan fingerprint density at radius 2 is 2.20 bits per heavy atom. The van der Waals surface area contributed by atoms with E-state index in [1.165, 1.54) is 7.11 Å². The first-order chi connectivity index (χ1) is 4.62. The zero-order chi connectivity index (χ0) is 8.04. The van der Waals surface area contributed by atoms with Crippen LogP contribution >= 0.6 is 0 Å². The number of methoxy groups -OCH3 is 1. The van der Waals surface area contributed by atoms with Gasteiger partial charge in [-0.1, -0.05) is 0 Å². The normalized spacial score (nSPS) is 11.8. The van der Waals surface area contributed by atoms with E-state index in [1.807, 2.05) is 0 Å². The van der Waals surface area contributed by atoms with Gasteiger partial charge < -0.3 is 4.74 Å². The van der Waals surface area contributed by atoms with E-state index in [-0.39, 0.29) is 5.75 Å². The summed E-state index contributed by atoms with van der Waals surface area (Å²) >= 11 is 0. The molecule has 0 bridgehead atoms. The number of nitrogens with one attached hydrogen (secondary N) is 1. The van der Waals surface area contributed by atoms with Crippen molar-refractivity contribution in [3.05, 3.63) is 0 Å². The lowest BCUT2D eigenvalue weighted by atomic mass is 10.5. The van der Waals surface area contributed by atoms with E-state index in [1.54, 1.807) is 4.83 Å². The second-order valence-electron chi connectivity index (χ2n) is 1.78. The van der Waals surface area contributed by atoms with Crippen LogP contribution in [0.5, 0.6) is 0 Å². The molecule has 10 heavy (non-hydrogen) atoms. The SMILES string of the molecule is COCCCS(=O)(=O)NN. The molecule has 5 nitrogen and oxygen atoms in total. The van der Waals surface area contributed by atoms with Crippen molar-refractivity contribution in [2.24, 2.45) is 5.84 Å². The molecule has 0 heterocycles. The minimum atomic E-state index is -3.24. The molecule has 0 aromatic carbocycles. The topological polar surface area (TPSA) is 81.4 Å². The van der Waals surface area contributed by atoms with Crippen LogP contribution in [0.4, 0.5) is 0 Å². The van der Waals surface area contributed by atoms with Crippen LogP contribution in [0.15, 0.2) is 0 Å². The van der Waals surface area contributed by atoms with Gasteiger partial charge in [-0.2, -0.15) is 4.83 Å². The summed E-state index contributed by atoms with van der Waals surface area (Å²) in [5, 5.41) is 0. The van der Waals surface area contributed by atoms with Crippen LogP contribution in [0.1, 0.15) is 6.42 Å². The summed E-state index contributed by atoms with van der Waals surface area (Å²) in [5.74, 6) is 4.72. The van der Waals surface area contributed by atoms with E-state index in [0.29, 0.717) is 13.0 Å². The van der Waals surface area contributed by atoms with E-state index >= 15 is 0 Å². The van der Waals surface area contributed by atoms with Crippen molar-refractivity contribution in [1.29, 1.82) is 0 Å². The number of hydrazine groups is 1. The fourth-order valence-electron chi connectivity index (χ4n) is 0.452. The minimum absolute atomic E-state index is 0.0112. The van der Waals surface area contributed by atoms with Crippen molar-refractivity contribution in [3.63, 3.8) is 0 Å². The van der Waals surface area contributed by atoms with E-state index in [2.05, 4.69) is 4.74 Å². The number of rotatable bonds is 5. The van der Waals surface area contributed by atoms with Crippen LogP contribution in [-0.4, -0.2) is 27.9 Å². The lowest BCUT2D eigenvalue weighted by molar-refractivity contribution is 0.199. The maximum Gasteiger partial charge on any atom is 0.224 e. The van der Waals surface area contributed by atoms with Gasteiger partial charge in [-0.05, 0) is 6.42 Å². The van der Waals surface area contributed by atoms with E-state index in [4.69, 9.17) is 5.84 Å². The smallest absolute Gasteiger partial charge is 0.224 e. The fraction of sp³-hybridized carbons (Fsp3) is 1.00. The van der Waals surface area contributed by atoms with Crippen LogP contribution in [0.3, 0.4) is 0 Å². The van der Waals surface area contributed by atoms with Gasteiger partial charge in [-0.3, -0.25) is 5.84 Å². The summed E-state index contributed by atoms with van der Waals surface area (Å²) in [7, 11) is -1.73. The van der Waals surface area contributed by atoms with Gasteiger partial charge >= 0.3 is 0 Å². The second-order valence-corrected chi connectivity index (χ2v) is 3.66. The van der Waals surface area contributed by atoms with E-state index in [9.17, 15) is 8.42 Å². The van der Waals surface area contributed by atoms with Gasteiger partial charge in [0.1, 0.15) is 0 Å². The third-order valence-corrected chi connectivity index (χ3v) is 2.13. The predicted octanol–water partition coefficient (Wildman–Crippen LogP) is -1.18. The van der Waals surface area contributed by atoms with Gasteiger partial charge in [-0.15, -0.1) is 0 Å². The van der Waals surface area contributed by atoms with Gasteiger partial charge in [0.2, 0.25) is 10.0 Å². The maximum absolute atomic E-state index is 10.6. The molecule has 0 radical (unpaired) electrons. The second kappa shape index (κ2) is 4.62. The summed E-state index contributed by atoms with van der Waals surface area (Å²) in [6, 6.07) is 0. The van der Waals surface area contributed by atoms with Crippen LogP contribution < -0.4 is 10.7 Å². The Bertz CT molecular complexity index is 165.